The van der Waals surface area contributed by atoms with Gasteiger partial charge in [-0.1, -0.05) is 71.9 Å². The molecule has 41 heavy (non-hydrogen) atoms. The molecule has 0 unspecified atom stereocenters. The van der Waals surface area contributed by atoms with Gasteiger partial charge in [-0.3, -0.25) is 19.2 Å². The second kappa shape index (κ2) is 14.3. The number of carbonyl (C=O) groups is 4. The Bertz CT molecular complexity index is 1190. The van der Waals surface area contributed by atoms with E-state index >= 15 is 0 Å². The number of nitrogens with zero attached hydrogens (tertiary/aromatic N) is 2. The molecule has 0 saturated carbocycles. The van der Waals surface area contributed by atoms with Gasteiger partial charge in [0, 0.05) is 13.5 Å². The normalized spacial score (nSPS) is 22.8. The summed E-state index contributed by atoms with van der Waals surface area (Å²) in [5.74, 6) is -1.19. The van der Waals surface area contributed by atoms with Crippen LogP contribution in [0.2, 0.25) is 0 Å². The van der Waals surface area contributed by atoms with Crippen molar-refractivity contribution in [3.63, 3.8) is 0 Å². The lowest BCUT2D eigenvalue weighted by molar-refractivity contribution is -0.142. The molecule has 2 bridgehead atoms. The van der Waals surface area contributed by atoms with Crippen LogP contribution in [0.4, 0.5) is 0 Å². The molecule has 4 amide bonds. The van der Waals surface area contributed by atoms with Crippen molar-refractivity contribution in [1.82, 2.24) is 25.8 Å². The van der Waals surface area contributed by atoms with Crippen LogP contribution in [-0.4, -0.2) is 58.7 Å². The van der Waals surface area contributed by atoms with E-state index in [1.165, 1.54) is 11.2 Å². The van der Waals surface area contributed by atoms with Gasteiger partial charge < -0.3 is 25.3 Å². The quantitative estimate of drug-likeness (QED) is 0.446. The maximum Gasteiger partial charge on any atom is 0.273 e. The molecule has 3 rings (SSSR count). The van der Waals surface area contributed by atoms with E-state index in [1.807, 2.05) is 71.9 Å². The number of benzene rings is 1. The molecule has 10 heteroatoms. The molecule has 1 aromatic carbocycles. The van der Waals surface area contributed by atoms with Gasteiger partial charge in [0.1, 0.15) is 30.4 Å². The Balaban J connectivity index is 2.09. The lowest BCUT2D eigenvalue weighted by Gasteiger charge is -2.33. The third kappa shape index (κ3) is 8.90. The fourth-order valence-electron chi connectivity index (χ4n) is 5.06. The van der Waals surface area contributed by atoms with Crippen molar-refractivity contribution in [3.8, 4) is 0 Å². The highest BCUT2D eigenvalue weighted by atomic mass is 16.3. The molecule has 0 saturated heterocycles. The Morgan fingerprint density at radius 3 is 1.98 bits per heavy atom. The van der Waals surface area contributed by atoms with E-state index in [0.717, 1.165) is 5.56 Å². The summed E-state index contributed by atoms with van der Waals surface area (Å²) in [6.07, 6.45) is 2.78. The fraction of sp³-hybridized carbons (Fsp3) is 0.581. The molecule has 1 aromatic heterocycles. The van der Waals surface area contributed by atoms with Crippen molar-refractivity contribution in [3.05, 3.63) is 53.7 Å². The van der Waals surface area contributed by atoms with Gasteiger partial charge >= 0.3 is 0 Å². The summed E-state index contributed by atoms with van der Waals surface area (Å²) in [4.78, 5) is 60.5. The first-order valence-corrected chi connectivity index (χ1v) is 14.5. The molecule has 2 aromatic rings. The van der Waals surface area contributed by atoms with Crippen LogP contribution in [0.5, 0.6) is 0 Å². The number of aromatic nitrogens is 1. The van der Waals surface area contributed by atoms with Crippen molar-refractivity contribution in [2.75, 3.05) is 7.05 Å². The fourth-order valence-corrected chi connectivity index (χ4v) is 5.06. The SMILES string of the molecule is CC(C)C[C@@H]1NC(=O)c2coc(n2)[C@H](CC(C)C)NC(=O)[C@H](CC(C)C)N(C)C(=O)[C@H](Cc2ccccc2)NC1=O. The Morgan fingerprint density at radius 2 is 1.37 bits per heavy atom. The maximum absolute atomic E-state index is 14.0. The van der Waals surface area contributed by atoms with Gasteiger partial charge in [0.2, 0.25) is 23.6 Å². The third-order valence-electron chi connectivity index (χ3n) is 7.11. The molecule has 0 spiro atoms. The maximum atomic E-state index is 14.0. The van der Waals surface area contributed by atoms with E-state index in [4.69, 9.17) is 4.42 Å². The smallest absolute Gasteiger partial charge is 0.273 e. The zero-order valence-electron chi connectivity index (χ0n) is 25.3. The highest BCUT2D eigenvalue weighted by Gasteiger charge is 2.36. The Kier molecular flexibility index (Phi) is 11.1. The number of hydrogen-bond donors (Lipinski definition) is 3. The average Bonchev–Trinajstić information content (AvgIpc) is 3.40. The highest BCUT2D eigenvalue weighted by Crippen LogP contribution is 2.23. The van der Waals surface area contributed by atoms with Crippen molar-refractivity contribution >= 4 is 23.6 Å². The second-order valence-corrected chi connectivity index (χ2v) is 12.3. The van der Waals surface area contributed by atoms with E-state index in [2.05, 4.69) is 20.9 Å². The van der Waals surface area contributed by atoms with Crippen molar-refractivity contribution in [2.45, 2.75) is 91.4 Å². The van der Waals surface area contributed by atoms with Crippen molar-refractivity contribution in [1.29, 1.82) is 0 Å². The molecule has 224 valence electrons. The first-order chi connectivity index (χ1) is 19.3. The number of nitrogens with one attached hydrogen (secondary N) is 3. The first-order valence-electron chi connectivity index (χ1n) is 14.5. The van der Waals surface area contributed by atoms with Crippen LogP contribution in [0, 0.1) is 17.8 Å². The summed E-state index contributed by atoms with van der Waals surface area (Å²) in [6, 6.07) is 6.16. The van der Waals surface area contributed by atoms with Gasteiger partial charge in [-0.05, 0) is 42.6 Å². The highest BCUT2D eigenvalue weighted by molar-refractivity contribution is 5.97. The van der Waals surface area contributed by atoms with Crippen LogP contribution < -0.4 is 16.0 Å². The molecule has 10 nitrogen and oxygen atoms in total. The Hall–Kier alpha value is -3.69. The van der Waals surface area contributed by atoms with E-state index in [-0.39, 0.29) is 47.6 Å². The van der Waals surface area contributed by atoms with Crippen LogP contribution in [0.3, 0.4) is 0 Å². The van der Waals surface area contributed by atoms with Gasteiger partial charge in [-0.2, -0.15) is 0 Å². The van der Waals surface area contributed by atoms with Crippen LogP contribution in [0.25, 0.3) is 0 Å². The van der Waals surface area contributed by atoms with E-state index in [9.17, 15) is 19.2 Å². The van der Waals surface area contributed by atoms with Gasteiger partial charge in [0.15, 0.2) is 5.69 Å². The summed E-state index contributed by atoms with van der Waals surface area (Å²) in [6.45, 7) is 11.9. The van der Waals surface area contributed by atoms with Gasteiger partial charge in [-0.15, -0.1) is 0 Å². The molecule has 3 N–H and O–H groups in total. The first kappa shape index (κ1) is 31.8. The summed E-state index contributed by atoms with van der Waals surface area (Å²) >= 11 is 0. The summed E-state index contributed by atoms with van der Waals surface area (Å²) in [5, 5.41) is 8.72. The molecule has 1 aliphatic rings. The molecule has 0 fully saturated rings. The predicted octanol–water partition coefficient (Wildman–Crippen LogP) is 3.64. The molecule has 1 aliphatic heterocycles. The molecular formula is C31H45N5O5. The minimum Gasteiger partial charge on any atom is -0.446 e. The van der Waals surface area contributed by atoms with Gasteiger partial charge in [0.05, 0.1) is 0 Å². The Labute approximate surface area is 243 Å². The zero-order chi connectivity index (χ0) is 30.3. The molecule has 0 aliphatic carbocycles. The number of oxazole rings is 1. The van der Waals surface area contributed by atoms with E-state index < -0.39 is 36.0 Å². The second-order valence-electron chi connectivity index (χ2n) is 12.3. The topological polar surface area (TPSA) is 134 Å². The number of carbonyl (C=O) groups excluding carboxylic acids is 4. The predicted molar refractivity (Wildman–Crippen MR) is 156 cm³/mol. The number of rotatable bonds is 8. The summed E-state index contributed by atoms with van der Waals surface area (Å²) < 4.78 is 5.67. The Morgan fingerprint density at radius 1 is 0.780 bits per heavy atom. The van der Waals surface area contributed by atoms with Crippen molar-refractivity contribution in [2.24, 2.45) is 17.8 Å². The van der Waals surface area contributed by atoms with Gasteiger partial charge in [0.25, 0.3) is 5.91 Å². The zero-order valence-corrected chi connectivity index (χ0v) is 25.3. The molecule has 0 radical (unpaired) electrons. The molecule has 2 heterocycles. The minimum atomic E-state index is -0.946. The van der Waals surface area contributed by atoms with Crippen molar-refractivity contribution < 1.29 is 23.6 Å². The van der Waals surface area contributed by atoms with Crippen LogP contribution >= 0.6 is 0 Å². The van der Waals surface area contributed by atoms with Gasteiger partial charge in [-0.25, -0.2) is 4.98 Å². The number of likely N-dealkylation sites (N-methyl/N-ethyl adjacent to an activating group) is 1. The van der Waals surface area contributed by atoms with E-state index in [1.54, 1.807) is 7.05 Å². The van der Waals surface area contributed by atoms with E-state index in [0.29, 0.717) is 19.3 Å². The number of hydrogen-bond acceptors (Lipinski definition) is 6. The lowest BCUT2D eigenvalue weighted by atomic mass is 9.97. The summed E-state index contributed by atoms with van der Waals surface area (Å²) in [7, 11) is 1.60. The van der Waals surface area contributed by atoms with Crippen LogP contribution in [0.15, 0.2) is 41.0 Å². The minimum absolute atomic E-state index is 0.0205. The third-order valence-corrected chi connectivity index (χ3v) is 7.11. The monoisotopic (exact) mass is 567 g/mol. The molecule has 4 atom stereocenters. The number of fused-ring (bicyclic) bond motifs is 2. The largest absolute Gasteiger partial charge is 0.446 e. The molecular weight excluding hydrogens is 522 g/mol. The van der Waals surface area contributed by atoms with Crippen LogP contribution in [-0.2, 0) is 20.8 Å². The summed E-state index contributed by atoms with van der Waals surface area (Å²) in [5.41, 5.74) is 0.880. The standard InChI is InChI=1S/C31H45N5O5/c1-18(2)13-22-27(37)34-24(16-21-11-9-8-10-12-21)31(40)36(7)26(15-20(5)6)29(39)33-23(14-19(3)4)30-35-25(17-41-30)28(38)32-22/h8-12,17-20,22-24,26H,13-16H2,1-7H3,(H,32,38)(H,33,39)(H,34,37)/t22-,23-,24-,26-/m0/s1. The average molecular weight is 568 g/mol. The number of amides is 4. The lowest BCUT2D eigenvalue weighted by Crippen LogP contribution is -2.58. The van der Waals surface area contributed by atoms with Crippen LogP contribution in [0.1, 0.15) is 88.8 Å².